The largest absolute Gasteiger partial charge is 0.368 e. The van der Waals surface area contributed by atoms with E-state index in [-0.39, 0.29) is 5.65 Å². The highest BCUT2D eigenvalue weighted by atomic mass is 35.5. The van der Waals surface area contributed by atoms with Crippen molar-refractivity contribution in [1.29, 1.82) is 0 Å². The number of hydrogen-bond acceptors (Lipinski definition) is 6. The number of pyridine rings is 1. The Morgan fingerprint density at radius 1 is 1.20 bits per heavy atom. The SMILES string of the molecule is Cc1nc2c(F)cc(Nc3n[nH]c4cc(N5C[C@@H](C)N[C@@H](C)C5)cc(Cl)c34)cn2n1. The van der Waals surface area contributed by atoms with Gasteiger partial charge in [-0.1, -0.05) is 11.6 Å². The lowest BCUT2D eigenvalue weighted by Crippen LogP contribution is -2.54. The van der Waals surface area contributed by atoms with Crippen molar-refractivity contribution in [3.05, 3.63) is 41.1 Å². The van der Waals surface area contributed by atoms with Crippen molar-refractivity contribution in [3.8, 4) is 0 Å². The number of piperazine rings is 1. The van der Waals surface area contributed by atoms with Gasteiger partial charge >= 0.3 is 0 Å². The van der Waals surface area contributed by atoms with Crippen LogP contribution in [-0.2, 0) is 0 Å². The van der Waals surface area contributed by atoms with Crippen molar-refractivity contribution >= 4 is 45.3 Å². The van der Waals surface area contributed by atoms with Crippen molar-refractivity contribution in [2.45, 2.75) is 32.9 Å². The van der Waals surface area contributed by atoms with Crippen LogP contribution in [0.25, 0.3) is 16.6 Å². The number of aryl methyl sites for hydroxylation is 1. The molecule has 3 aromatic heterocycles. The summed E-state index contributed by atoms with van der Waals surface area (Å²) in [6.07, 6.45) is 1.67. The van der Waals surface area contributed by atoms with Crippen molar-refractivity contribution in [2.24, 2.45) is 0 Å². The first-order valence-corrected chi connectivity index (χ1v) is 10.2. The average Bonchev–Trinajstić information content (AvgIpc) is 3.24. The number of nitrogens with one attached hydrogen (secondary N) is 3. The summed E-state index contributed by atoms with van der Waals surface area (Å²) in [6.45, 7) is 7.88. The van der Waals surface area contributed by atoms with Gasteiger partial charge in [-0.25, -0.2) is 13.9 Å². The Morgan fingerprint density at radius 2 is 1.97 bits per heavy atom. The normalized spacial score (nSPS) is 19.7. The van der Waals surface area contributed by atoms with Crippen LogP contribution in [0, 0.1) is 12.7 Å². The molecule has 1 aliphatic heterocycles. The summed E-state index contributed by atoms with van der Waals surface area (Å²) in [6, 6.07) is 6.17. The standard InChI is InChI=1S/C20H22ClFN8/c1-10-7-29(8-11(2)23-10)14-5-15(21)18-17(6-14)26-27-19(18)25-13-4-16(22)20-24-12(3)28-30(20)9-13/h4-6,9-11,23H,7-8H2,1-3H3,(H2,25,26,27)/t10-,11+. The maximum Gasteiger partial charge on any atom is 0.191 e. The molecule has 156 valence electrons. The summed E-state index contributed by atoms with van der Waals surface area (Å²) in [5, 5.41) is 19.6. The maximum absolute atomic E-state index is 14.4. The predicted molar refractivity (Wildman–Crippen MR) is 116 cm³/mol. The summed E-state index contributed by atoms with van der Waals surface area (Å²) in [4.78, 5) is 6.40. The first-order valence-electron chi connectivity index (χ1n) is 9.85. The second-order valence-electron chi connectivity index (χ2n) is 7.93. The van der Waals surface area contributed by atoms with E-state index in [1.807, 2.05) is 6.07 Å². The molecule has 8 nitrogen and oxygen atoms in total. The second kappa shape index (κ2) is 7.10. The van der Waals surface area contributed by atoms with Crippen LogP contribution >= 0.6 is 11.6 Å². The molecule has 1 aliphatic rings. The Hall–Kier alpha value is -2.91. The van der Waals surface area contributed by atoms with Gasteiger partial charge in [0.05, 0.1) is 27.8 Å². The minimum absolute atomic E-state index is 0.187. The number of halogens is 2. The molecular formula is C20H22ClFN8. The Balaban J connectivity index is 1.49. The third-order valence-electron chi connectivity index (χ3n) is 5.28. The first kappa shape index (κ1) is 19.1. The molecule has 0 unspecified atom stereocenters. The Bertz CT molecular complexity index is 1240. The fourth-order valence-electron chi connectivity index (χ4n) is 4.16. The van der Waals surface area contributed by atoms with Gasteiger partial charge in [-0.15, -0.1) is 0 Å². The van der Waals surface area contributed by atoms with Gasteiger partial charge < -0.3 is 15.5 Å². The number of benzene rings is 1. The zero-order valence-electron chi connectivity index (χ0n) is 16.9. The monoisotopic (exact) mass is 428 g/mol. The van der Waals surface area contributed by atoms with Crippen molar-refractivity contribution in [2.75, 3.05) is 23.3 Å². The molecule has 0 aliphatic carbocycles. The highest BCUT2D eigenvalue weighted by Crippen LogP contribution is 2.35. The van der Waals surface area contributed by atoms with Crippen LogP contribution in [0.3, 0.4) is 0 Å². The molecule has 1 saturated heterocycles. The Labute approximate surface area is 177 Å². The highest BCUT2D eigenvalue weighted by Gasteiger charge is 2.23. The van der Waals surface area contributed by atoms with Crippen LogP contribution in [0.1, 0.15) is 19.7 Å². The molecule has 1 aromatic carbocycles. The minimum atomic E-state index is -0.462. The summed E-state index contributed by atoms with van der Waals surface area (Å²) in [5.74, 6) is 0.568. The van der Waals surface area contributed by atoms with E-state index in [0.717, 1.165) is 29.7 Å². The summed E-state index contributed by atoms with van der Waals surface area (Å²) in [5.41, 5.74) is 2.56. The van der Waals surface area contributed by atoms with Gasteiger partial charge in [0.25, 0.3) is 0 Å². The molecule has 0 saturated carbocycles. The van der Waals surface area contributed by atoms with E-state index in [4.69, 9.17) is 11.6 Å². The third-order valence-corrected chi connectivity index (χ3v) is 5.58. The maximum atomic E-state index is 14.4. The molecule has 0 bridgehead atoms. The van der Waals surface area contributed by atoms with Crippen molar-refractivity contribution in [3.63, 3.8) is 0 Å². The number of nitrogens with zero attached hydrogens (tertiary/aromatic N) is 5. The quantitative estimate of drug-likeness (QED) is 0.462. The van der Waals surface area contributed by atoms with E-state index in [1.165, 1.54) is 10.6 Å². The number of hydrogen-bond donors (Lipinski definition) is 3. The Morgan fingerprint density at radius 3 is 2.73 bits per heavy atom. The predicted octanol–water partition coefficient (Wildman–Crippen LogP) is 3.64. The average molecular weight is 429 g/mol. The van der Waals surface area contributed by atoms with E-state index in [1.54, 1.807) is 13.1 Å². The van der Waals surface area contributed by atoms with E-state index in [2.05, 4.69) is 55.7 Å². The lowest BCUT2D eigenvalue weighted by Gasteiger charge is -2.37. The fraction of sp³-hybridized carbons (Fsp3) is 0.350. The summed E-state index contributed by atoms with van der Waals surface area (Å²) in [7, 11) is 0. The van der Waals surface area contributed by atoms with Crippen LogP contribution in [0.2, 0.25) is 5.02 Å². The van der Waals surface area contributed by atoms with Crippen LogP contribution in [-0.4, -0.2) is 50.0 Å². The van der Waals surface area contributed by atoms with Gasteiger partial charge in [-0.05, 0) is 32.9 Å². The minimum Gasteiger partial charge on any atom is -0.368 e. The van der Waals surface area contributed by atoms with E-state index >= 15 is 0 Å². The third kappa shape index (κ3) is 3.33. The lowest BCUT2D eigenvalue weighted by molar-refractivity contribution is 0.407. The number of anilines is 3. The molecule has 2 atom stereocenters. The van der Waals surface area contributed by atoms with Crippen molar-refractivity contribution in [1.82, 2.24) is 30.1 Å². The van der Waals surface area contributed by atoms with Gasteiger partial charge in [0.2, 0.25) is 0 Å². The topological polar surface area (TPSA) is 86.2 Å². The van der Waals surface area contributed by atoms with Crippen LogP contribution in [0.5, 0.6) is 0 Å². The first-order chi connectivity index (χ1) is 14.4. The molecule has 3 N–H and O–H groups in total. The molecule has 0 amide bonds. The van der Waals surface area contributed by atoms with Gasteiger partial charge in [0, 0.05) is 36.9 Å². The van der Waals surface area contributed by atoms with Gasteiger partial charge in [-0.3, -0.25) is 5.10 Å². The lowest BCUT2D eigenvalue weighted by atomic mass is 10.1. The van der Waals surface area contributed by atoms with Gasteiger partial charge in [-0.2, -0.15) is 10.2 Å². The number of aromatic amines is 1. The highest BCUT2D eigenvalue weighted by molar-refractivity contribution is 6.36. The molecule has 4 aromatic rings. The smallest absolute Gasteiger partial charge is 0.191 e. The number of aromatic nitrogens is 5. The number of H-pyrrole nitrogens is 1. The molecular weight excluding hydrogens is 407 g/mol. The second-order valence-corrected chi connectivity index (χ2v) is 8.33. The fourth-order valence-corrected chi connectivity index (χ4v) is 4.47. The van der Waals surface area contributed by atoms with E-state index in [9.17, 15) is 4.39 Å². The number of fused-ring (bicyclic) bond motifs is 2. The van der Waals surface area contributed by atoms with Crippen LogP contribution < -0.4 is 15.5 Å². The molecule has 30 heavy (non-hydrogen) atoms. The molecule has 0 radical (unpaired) electrons. The summed E-state index contributed by atoms with van der Waals surface area (Å²) < 4.78 is 15.8. The molecule has 5 rings (SSSR count). The zero-order chi connectivity index (χ0) is 21.0. The van der Waals surface area contributed by atoms with Crippen molar-refractivity contribution < 1.29 is 4.39 Å². The van der Waals surface area contributed by atoms with E-state index in [0.29, 0.717) is 34.4 Å². The zero-order valence-corrected chi connectivity index (χ0v) is 17.6. The molecule has 10 heteroatoms. The Kier molecular flexibility index (Phi) is 4.52. The molecule has 1 fully saturated rings. The molecule has 0 spiro atoms. The molecule has 4 heterocycles. The van der Waals surface area contributed by atoms with Gasteiger partial charge in [0.1, 0.15) is 5.82 Å². The summed E-state index contributed by atoms with van der Waals surface area (Å²) >= 11 is 6.65. The van der Waals surface area contributed by atoms with Gasteiger partial charge in [0.15, 0.2) is 17.3 Å². The van der Waals surface area contributed by atoms with E-state index < -0.39 is 5.82 Å². The van der Waals surface area contributed by atoms with Crippen LogP contribution in [0.15, 0.2) is 24.4 Å². The number of rotatable bonds is 3. The van der Waals surface area contributed by atoms with Crippen LogP contribution in [0.4, 0.5) is 21.6 Å².